The molecule has 3 unspecified atom stereocenters. The lowest BCUT2D eigenvalue weighted by molar-refractivity contribution is 0.179. The quantitative estimate of drug-likeness (QED) is 0.875. The van der Waals surface area contributed by atoms with Crippen molar-refractivity contribution in [3.05, 3.63) is 34.9 Å². The zero-order chi connectivity index (χ0) is 13.7. The van der Waals surface area contributed by atoms with Gasteiger partial charge in [0.05, 0.1) is 6.61 Å². The average Bonchev–Trinajstić information content (AvgIpc) is 2.92. The topological polar surface area (TPSA) is 38.3 Å². The number of rotatable bonds is 6. The predicted molar refractivity (Wildman–Crippen MR) is 79.9 cm³/mol. The maximum absolute atomic E-state index is 12.2. The highest BCUT2D eigenvalue weighted by Gasteiger charge is 2.25. The molecule has 0 aliphatic carbocycles. The monoisotopic (exact) mass is 301 g/mol. The zero-order valence-electron chi connectivity index (χ0n) is 11.1. The third kappa shape index (κ3) is 4.56. The minimum atomic E-state index is -0.865. The van der Waals surface area contributed by atoms with E-state index in [1.165, 1.54) is 0 Å². The van der Waals surface area contributed by atoms with Gasteiger partial charge in [0, 0.05) is 45.9 Å². The molecule has 3 nitrogen and oxygen atoms in total. The Labute approximate surface area is 122 Å². The molecule has 1 aromatic rings. The highest BCUT2D eigenvalue weighted by atomic mass is 35.5. The molecule has 1 aromatic carbocycles. The Balaban J connectivity index is 1.87. The number of halogens is 1. The molecule has 1 aliphatic heterocycles. The van der Waals surface area contributed by atoms with E-state index in [2.05, 4.69) is 5.32 Å². The fourth-order valence-corrected chi connectivity index (χ4v) is 4.00. The van der Waals surface area contributed by atoms with E-state index < -0.39 is 10.8 Å². The average molecular weight is 302 g/mol. The second-order valence-electron chi connectivity index (χ2n) is 4.90. The number of hydrogen-bond acceptors (Lipinski definition) is 3. The van der Waals surface area contributed by atoms with E-state index in [1.54, 1.807) is 0 Å². The van der Waals surface area contributed by atoms with Crippen LogP contribution in [0.5, 0.6) is 0 Å². The van der Waals surface area contributed by atoms with E-state index in [1.807, 2.05) is 31.3 Å². The summed E-state index contributed by atoms with van der Waals surface area (Å²) in [7, 11) is 1.07. The van der Waals surface area contributed by atoms with Crippen molar-refractivity contribution in [3.63, 3.8) is 0 Å². The van der Waals surface area contributed by atoms with E-state index in [9.17, 15) is 4.21 Å². The number of benzene rings is 1. The van der Waals surface area contributed by atoms with Crippen molar-refractivity contribution in [2.45, 2.75) is 18.2 Å². The molecule has 1 N–H and O–H groups in total. The van der Waals surface area contributed by atoms with Crippen molar-refractivity contribution < 1.29 is 8.95 Å². The van der Waals surface area contributed by atoms with Crippen molar-refractivity contribution in [2.24, 2.45) is 5.92 Å². The standard InChI is InChI=1S/C14H20ClNO2S/c1-16-14(12-6-7-18-8-12)10-19(17)9-11-2-4-13(15)5-3-11/h2-5,12,14,16H,6-10H2,1H3. The summed E-state index contributed by atoms with van der Waals surface area (Å²) in [5.41, 5.74) is 1.07. The summed E-state index contributed by atoms with van der Waals surface area (Å²) in [4.78, 5) is 0. The van der Waals surface area contributed by atoms with Gasteiger partial charge in [-0.2, -0.15) is 0 Å². The molecule has 2 rings (SSSR count). The molecule has 106 valence electrons. The Hall–Kier alpha value is -0.420. The molecule has 0 bridgehead atoms. The first-order valence-corrected chi connectivity index (χ1v) is 8.40. The van der Waals surface area contributed by atoms with Gasteiger partial charge in [0.15, 0.2) is 0 Å². The molecular formula is C14H20ClNO2S. The molecule has 0 radical (unpaired) electrons. The molecule has 0 amide bonds. The van der Waals surface area contributed by atoms with Crippen LogP contribution >= 0.6 is 11.6 Å². The first kappa shape index (κ1) is 15.0. The van der Waals surface area contributed by atoms with Gasteiger partial charge in [-0.15, -0.1) is 0 Å². The van der Waals surface area contributed by atoms with Gasteiger partial charge in [-0.05, 0) is 31.2 Å². The van der Waals surface area contributed by atoms with Crippen molar-refractivity contribution >= 4 is 22.4 Å². The van der Waals surface area contributed by atoms with Gasteiger partial charge < -0.3 is 10.1 Å². The second-order valence-corrected chi connectivity index (χ2v) is 6.83. The lowest BCUT2D eigenvalue weighted by Crippen LogP contribution is -2.38. The van der Waals surface area contributed by atoms with Crippen LogP contribution in [0.25, 0.3) is 0 Å². The predicted octanol–water partition coefficient (Wildman–Crippen LogP) is 2.21. The van der Waals surface area contributed by atoms with Crippen LogP contribution in [0.1, 0.15) is 12.0 Å². The summed E-state index contributed by atoms with van der Waals surface area (Å²) in [6.45, 7) is 1.61. The molecule has 1 aliphatic rings. The minimum absolute atomic E-state index is 0.274. The Morgan fingerprint density at radius 2 is 2.21 bits per heavy atom. The van der Waals surface area contributed by atoms with Gasteiger partial charge in [-0.3, -0.25) is 4.21 Å². The van der Waals surface area contributed by atoms with Crippen molar-refractivity contribution in [3.8, 4) is 0 Å². The second kappa shape index (κ2) is 7.39. The molecule has 1 saturated heterocycles. The van der Waals surface area contributed by atoms with Gasteiger partial charge in [-0.1, -0.05) is 23.7 Å². The van der Waals surface area contributed by atoms with E-state index >= 15 is 0 Å². The van der Waals surface area contributed by atoms with Gasteiger partial charge in [0.1, 0.15) is 0 Å². The Kier molecular flexibility index (Phi) is 5.82. The summed E-state index contributed by atoms with van der Waals surface area (Å²) in [6.07, 6.45) is 1.06. The van der Waals surface area contributed by atoms with Crippen LogP contribution in [0.3, 0.4) is 0 Å². The SMILES string of the molecule is CNC(CS(=O)Cc1ccc(Cl)cc1)C1CCOC1. The Morgan fingerprint density at radius 1 is 1.47 bits per heavy atom. The number of ether oxygens (including phenoxy) is 1. The van der Waals surface area contributed by atoms with Gasteiger partial charge in [0.2, 0.25) is 0 Å². The summed E-state index contributed by atoms with van der Waals surface area (Å²) in [5, 5.41) is 3.99. The molecule has 0 spiro atoms. The summed E-state index contributed by atoms with van der Waals surface area (Å²) in [5.74, 6) is 1.75. The molecule has 3 atom stereocenters. The van der Waals surface area contributed by atoms with Crippen LogP contribution in [0.2, 0.25) is 5.02 Å². The molecule has 5 heteroatoms. The van der Waals surface area contributed by atoms with E-state index in [4.69, 9.17) is 16.3 Å². The highest BCUT2D eigenvalue weighted by Crippen LogP contribution is 2.18. The van der Waals surface area contributed by atoms with Crippen molar-refractivity contribution in [1.82, 2.24) is 5.32 Å². The third-order valence-corrected chi connectivity index (χ3v) is 5.15. The molecule has 1 heterocycles. The molecular weight excluding hydrogens is 282 g/mol. The van der Waals surface area contributed by atoms with Gasteiger partial charge >= 0.3 is 0 Å². The first-order valence-electron chi connectivity index (χ1n) is 6.53. The fourth-order valence-electron chi connectivity index (χ4n) is 2.35. The summed E-state index contributed by atoms with van der Waals surface area (Å²) >= 11 is 5.84. The van der Waals surface area contributed by atoms with E-state index in [-0.39, 0.29) is 6.04 Å². The van der Waals surface area contributed by atoms with Crippen LogP contribution in [0.15, 0.2) is 24.3 Å². The Morgan fingerprint density at radius 3 is 2.79 bits per heavy atom. The van der Waals surface area contributed by atoms with Crippen LogP contribution in [0, 0.1) is 5.92 Å². The number of hydrogen-bond donors (Lipinski definition) is 1. The van der Waals surface area contributed by atoms with Crippen molar-refractivity contribution in [1.29, 1.82) is 0 Å². The van der Waals surface area contributed by atoms with Gasteiger partial charge in [0.25, 0.3) is 0 Å². The lowest BCUT2D eigenvalue weighted by Gasteiger charge is -2.21. The number of nitrogens with one attached hydrogen (secondary N) is 1. The normalized spacial score (nSPS) is 22.3. The first-order chi connectivity index (χ1) is 9.19. The minimum Gasteiger partial charge on any atom is -0.381 e. The molecule has 1 fully saturated rings. The van der Waals surface area contributed by atoms with Crippen LogP contribution < -0.4 is 5.32 Å². The summed E-state index contributed by atoms with van der Waals surface area (Å²) < 4.78 is 17.6. The third-order valence-electron chi connectivity index (χ3n) is 3.51. The maximum Gasteiger partial charge on any atom is 0.0510 e. The maximum atomic E-state index is 12.2. The van der Waals surface area contributed by atoms with E-state index in [0.717, 1.165) is 25.2 Å². The van der Waals surface area contributed by atoms with Crippen molar-refractivity contribution in [2.75, 3.05) is 26.0 Å². The Bertz CT molecular complexity index is 418. The molecule has 0 aromatic heterocycles. The zero-order valence-corrected chi connectivity index (χ0v) is 12.7. The smallest absolute Gasteiger partial charge is 0.0510 e. The largest absolute Gasteiger partial charge is 0.381 e. The highest BCUT2D eigenvalue weighted by molar-refractivity contribution is 7.84. The fraction of sp³-hybridized carbons (Fsp3) is 0.571. The van der Waals surface area contributed by atoms with Crippen LogP contribution in [0.4, 0.5) is 0 Å². The molecule has 19 heavy (non-hydrogen) atoms. The molecule has 0 saturated carbocycles. The summed E-state index contributed by atoms with van der Waals surface area (Å²) in [6, 6.07) is 7.83. The lowest BCUT2D eigenvalue weighted by atomic mass is 10.0. The van der Waals surface area contributed by atoms with Crippen LogP contribution in [-0.2, 0) is 21.3 Å². The van der Waals surface area contributed by atoms with Gasteiger partial charge in [-0.25, -0.2) is 0 Å². The van der Waals surface area contributed by atoms with E-state index in [0.29, 0.717) is 22.4 Å². The van der Waals surface area contributed by atoms with Crippen LogP contribution in [-0.4, -0.2) is 36.3 Å².